The molecule has 2 aromatic rings. The van der Waals surface area contributed by atoms with Gasteiger partial charge >= 0.3 is 0 Å². The Morgan fingerprint density at radius 1 is 1.19 bits per heavy atom. The topological polar surface area (TPSA) is 60.2 Å². The third kappa shape index (κ3) is 4.04. The van der Waals surface area contributed by atoms with Gasteiger partial charge in [0.05, 0.1) is 18.5 Å². The molecule has 0 aliphatic carbocycles. The Morgan fingerprint density at radius 3 is 2.62 bits per heavy atom. The van der Waals surface area contributed by atoms with Crippen molar-refractivity contribution < 1.29 is 9.84 Å². The number of rotatable bonds is 8. The van der Waals surface area contributed by atoms with Gasteiger partial charge in [-0.2, -0.15) is 0 Å². The van der Waals surface area contributed by atoms with E-state index in [1.54, 1.807) is 10.9 Å². The normalized spacial score (nSPS) is 12.3. The van der Waals surface area contributed by atoms with Crippen molar-refractivity contribution in [2.45, 2.75) is 45.8 Å². The number of hydrogen-bond donors (Lipinski definition) is 1. The number of ether oxygens (including phenoxy) is 1. The molecule has 0 amide bonds. The molecule has 1 heterocycles. The highest BCUT2D eigenvalue weighted by Crippen LogP contribution is 2.23. The standard InChI is InChI=1S/C16H23N3O2/c1-3-5-11-21-14-8-6-13(7-9-14)16(20)15-12-17-18-19(15)10-4-2/h6-9,12,16,20H,3-5,10-11H2,1-2H3. The minimum atomic E-state index is -0.712. The summed E-state index contributed by atoms with van der Waals surface area (Å²) in [5.74, 6) is 0.833. The highest BCUT2D eigenvalue weighted by Gasteiger charge is 2.16. The molecule has 21 heavy (non-hydrogen) atoms. The van der Waals surface area contributed by atoms with Gasteiger partial charge in [0.2, 0.25) is 0 Å². The van der Waals surface area contributed by atoms with Crippen LogP contribution in [0.3, 0.4) is 0 Å². The van der Waals surface area contributed by atoms with E-state index in [2.05, 4.69) is 24.2 Å². The average molecular weight is 289 g/mol. The van der Waals surface area contributed by atoms with Gasteiger partial charge < -0.3 is 9.84 Å². The minimum Gasteiger partial charge on any atom is -0.494 e. The van der Waals surface area contributed by atoms with E-state index in [1.165, 1.54) is 0 Å². The van der Waals surface area contributed by atoms with E-state index in [0.29, 0.717) is 0 Å². The number of aromatic nitrogens is 3. The molecular weight excluding hydrogens is 266 g/mol. The Kier molecular flexibility index (Phi) is 5.75. The van der Waals surface area contributed by atoms with Crippen LogP contribution in [0.25, 0.3) is 0 Å². The number of aliphatic hydroxyl groups is 1. The van der Waals surface area contributed by atoms with Crippen molar-refractivity contribution in [1.82, 2.24) is 15.0 Å². The first-order chi connectivity index (χ1) is 10.3. The van der Waals surface area contributed by atoms with Crippen molar-refractivity contribution in [2.75, 3.05) is 6.61 Å². The van der Waals surface area contributed by atoms with Crippen molar-refractivity contribution in [1.29, 1.82) is 0 Å². The summed E-state index contributed by atoms with van der Waals surface area (Å²) in [5.41, 5.74) is 1.54. The molecule has 0 spiro atoms. The number of unbranched alkanes of at least 4 members (excludes halogenated alkanes) is 1. The summed E-state index contributed by atoms with van der Waals surface area (Å²) in [4.78, 5) is 0. The van der Waals surface area contributed by atoms with E-state index in [0.717, 1.165) is 49.4 Å². The first-order valence-electron chi connectivity index (χ1n) is 7.55. The zero-order valence-electron chi connectivity index (χ0n) is 12.7. The van der Waals surface area contributed by atoms with E-state index in [4.69, 9.17) is 4.74 Å². The maximum Gasteiger partial charge on any atom is 0.122 e. The van der Waals surface area contributed by atoms with Crippen LogP contribution in [-0.2, 0) is 6.54 Å². The van der Waals surface area contributed by atoms with E-state index in [9.17, 15) is 5.11 Å². The Morgan fingerprint density at radius 2 is 1.95 bits per heavy atom. The second-order valence-electron chi connectivity index (χ2n) is 5.06. The predicted octanol–water partition coefficient (Wildman–Crippen LogP) is 2.95. The first kappa shape index (κ1) is 15.5. The van der Waals surface area contributed by atoms with Gasteiger partial charge in [-0.3, -0.25) is 0 Å². The molecule has 1 aromatic heterocycles. The van der Waals surface area contributed by atoms with Crippen LogP contribution in [-0.4, -0.2) is 26.7 Å². The van der Waals surface area contributed by atoms with Crippen LogP contribution in [0, 0.1) is 0 Å². The maximum absolute atomic E-state index is 10.5. The highest BCUT2D eigenvalue weighted by atomic mass is 16.5. The van der Waals surface area contributed by atoms with Gasteiger partial charge in [-0.15, -0.1) is 5.10 Å². The van der Waals surface area contributed by atoms with Gasteiger partial charge in [0.15, 0.2) is 0 Å². The van der Waals surface area contributed by atoms with E-state index in [-0.39, 0.29) is 0 Å². The second kappa shape index (κ2) is 7.78. The largest absolute Gasteiger partial charge is 0.494 e. The van der Waals surface area contributed by atoms with E-state index >= 15 is 0 Å². The molecule has 1 aromatic carbocycles. The molecule has 0 aliphatic rings. The summed E-state index contributed by atoms with van der Waals surface area (Å²) in [7, 11) is 0. The number of nitrogens with zero attached hydrogens (tertiary/aromatic N) is 3. The lowest BCUT2D eigenvalue weighted by Crippen LogP contribution is -2.10. The van der Waals surface area contributed by atoms with E-state index in [1.807, 2.05) is 24.3 Å². The molecule has 5 heteroatoms. The van der Waals surface area contributed by atoms with Crippen molar-refractivity contribution in [2.24, 2.45) is 0 Å². The van der Waals surface area contributed by atoms with Gasteiger partial charge in [-0.25, -0.2) is 4.68 Å². The third-order valence-corrected chi connectivity index (χ3v) is 3.33. The van der Waals surface area contributed by atoms with Crippen LogP contribution < -0.4 is 4.74 Å². The molecule has 0 fully saturated rings. The highest BCUT2D eigenvalue weighted by molar-refractivity contribution is 5.31. The fraction of sp³-hybridized carbons (Fsp3) is 0.500. The number of aryl methyl sites for hydroxylation is 1. The smallest absolute Gasteiger partial charge is 0.122 e. The molecule has 114 valence electrons. The number of hydrogen-bond acceptors (Lipinski definition) is 4. The zero-order valence-corrected chi connectivity index (χ0v) is 12.7. The lowest BCUT2D eigenvalue weighted by molar-refractivity contribution is 0.207. The number of aliphatic hydroxyl groups excluding tert-OH is 1. The van der Waals surface area contributed by atoms with E-state index < -0.39 is 6.10 Å². The lowest BCUT2D eigenvalue weighted by atomic mass is 10.1. The van der Waals surface area contributed by atoms with Crippen LogP contribution in [0.5, 0.6) is 5.75 Å². The molecule has 0 saturated carbocycles. The second-order valence-corrected chi connectivity index (χ2v) is 5.06. The molecule has 1 N–H and O–H groups in total. The summed E-state index contributed by atoms with van der Waals surface area (Å²) >= 11 is 0. The monoisotopic (exact) mass is 289 g/mol. The van der Waals surface area contributed by atoms with Crippen LogP contribution in [0.15, 0.2) is 30.5 Å². The van der Waals surface area contributed by atoms with Crippen LogP contribution in [0.2, 0.25) is 0 Å². The van der Waals surface area contributed by atoms with Gasteiger partial charge in [0.1, 0.15) is 11.9 Å². The lowest BCUT2D eigenvalue weighted by Gasteiger charge is -2.13. The number of benzene rings is 1. The quantitative estimate of drug-likeness (QED) is 0.759. The molecule has 1 unspecified atom stereocenters. The molecule has 0 saturated heterocycles. The molecule has 2 rings (SSSR count). The minimum absolute atomic E-state index is 0.712. The van der Waals surface area contributed by atoms with Gasteiger partial charge in [0, 0.05) is 6.54 Å². The van der Waals surface area contributed by atoms with Crippen molar-refractivity contribution in [3.8, 4) is 5.75 Å². The van der Waals surface area contributed by atoms with Gasteiger partial charge in [-0.05, 0) is 30.5 Å². The Balaban J connectivity index is 2.05. The Bertz CT molecular complexity index is 537. The summed E-state index contributed by atoms with van der Waals surface area (Å²) in [6.07, 6.45) is 4.02. The molecular formula is C16H23N3O2. The molecule has 0 radical (unpaired) electrons. The van der Waals surface area contributed by atoms with Crippen LogP contribution >= 0.6 is 0 Å². The summed E-state index contributed by atoms with van der Waals surface area (Å²) in [6, 6.07) is 7.55. The Hall–Kier alpha value is -1.88. The Labute approximate surface area is 125 Å². The molecule has 1 atom stereocenters. The fourth-order valence-corrected chi connectivity index (χ4v) is 2.11. The SMILES string of the molecule is CCCCOc1ccc(C(O)c2cnnn2CCC)cc1. The summed E-state index contributed by atoms with van der Waals surface area (Å²) in [5, 5.41) is 18.3. The molecule has 0 bridgehead atoms. The summed E-state index contributed by atoms with van der Waals surface area (Å²) in [6.45, 7) is 5.69. The summed E-state index contributed by atoms with van der Waals surface area (Å²) < 4.78 is 7.37. The average Bonchev–Trinajstić information content (AvgIpc) is 2.96. The van der Waals surface area contributed by atoms with Crippen molar-refractivity contribution >= 4 is 0 Å². The maximum atomic E-state index is 10.5. The first-order valence-corrected chi connectivity index (χ1v) is 7.55. The van der Waals surface area contributed by atoms with Crippen LogP contribution in [0.4, 0.5) is 0 Å². The van der Waals surface area contributed by atoms with Crippen molar-refractivity contribution in [3.63, 3.8) is 0 Å². The van der Waals surface area contributed by atoms with Gasteiger partial charge in [0.25, 0.3) is 0 Å². The molecule has 0 aliphatic heterocycles. The zero-order chi connectivity index (χ0) is 15.1. The van der Waals surface area contributed by atoms with Crippen LogP contribution in [0.1, 0.15) is 50.5 Å². The molecule has 5 nitrogen and oxygen atoms in total. The van der Waals surface area contributed by atoms with Crippen molar-refractivity contribution in [3.05, 3.63) is 41.7 Å². The van der Waals surface area contributed by atoms with Gasteiger partial charge in [-0.1, -0.05) is 37.6 Å². The predicted molar refractivity (Wildman–Crippen MR) is 81.2 cm³/mol. The fourth-order valence-electron chi connectivity index (χ4n) is 2.11. The third-order valence-electron chi connectivity index (χ3n) is 3.33.